The Morgan fingerprint density at radius 1 is 1.10 bits per heavy atom. The largest absolute Gasteiger partial charge is 0.449 e. The number of aromatic nitrogens is 3. The number of halogens is 4. The number of pyridine rings is 1. The molecule has 2 heterocycles. The first kappa shape index (κ1) is 13.9. The Kier molecular flexibility index (Phi) is 3.33. The molecule has 0 bridgehead atoms. The van der Waals surface area contributed by atoms with Crippen molar-refractivity contribution in [3.63, 3.8) is 0 Å². The van der Waals surface area contributed by atoms with Crippen LogP contribution in [0.4, 0.5) is 13.2 Å². The molecular formula is C14H9ClF3N3. The topological polar surface area (TPSA) is 30.7 Å². The Bertz CT molecular complexity index is 778. The van der Waals surface area contributed by atoms with Gasteiger partial charge in [0.15, 0.2) is 0 Å². The highest BCUT2D eigenvalue weighted by Gasteiger charge is 2.37. The maximum Gasteiger partial charge on any atom is 0.449 e. The van der Waals surface area contributed by atoms with Gasteiger partial charge in [0, 0.05) is 6.20 Å². The summed E-state index contributed by atoms with van der Waals surface area (Å²) in [6.07, 6.45) is -3.06. The third kappa shape index (κ3) is 2.71. The van der Waals surface area contributed by atoms with E-state index >= 15 is 0 Å². The van der Waals surface area contributed by atoms with Gasteiger partial charge >= 0.3 is 6.18 Å². The van der Waals surface area contributed by atoms with E-state index in [1.165, 1.54) is 6.20 Å². The molecule has 21 heavy (non-hydrogen) atoms. The molecule has 0 fully saturated rings. The summed E-state index contributed by atoms with van der Waals surface area (Å²) in [6, 6.07) is 9.69. The molecule has 0 aliphatic carbocycles. The summed E-state index contributed by atoms with van der Waals surface area (Å²) in [6.45, 7) is 0.0273. The third-order valence-electron chi connectivity index (χ3n) is 3.04. The molecule has 0 N–H and O–H groups in total. The number of para-hydroxylation sites is 2. The Balaban J connectivity index is 2.13. The number of hydrogen-bond donors (Lipinski definition) is 0. The first-order valence-corrected chi connectivity index (χ1v) is 6.46. The second kappa shape index (κ2) is 5.04. The van der Waals surface area contributed by atoms with Gasteiger partial charge < -0.3 is 4.57 Å². The second-order valence-corrected chi connectivity index (χ2v) is 4.88. The minimum absolute atomic E-state index is 0.0273. The minimum atomic E-state index is -4.52. The van der Waals surface area contributed by atoms with Crippen molar-refractivity contribution in [3.05, 3.63) is 59.1 Å². The highest BCUT2D eigenvalue weighted by molar-refractivity contribution is 6.29. The number of fused-ring (bicyclic) bond motifs is 1. The van der Waals surface area contributed by atoms with Crippen molar-refractivity contribution >= 4 is 22.6 Å². The molecule has 3 rings (SSSR count). The lowest BCUT2D eigenvalue weighted by Crippen LogP contribution is -2.15. The van der Waals surface area contributed by atoms with E-state index in [-0.39, 0.29) is 6.54 Å². The molecule has 2 aromatic heterocycles. The Labute approximate surface area is 123 Å². The van der Waals surface area contributed by atoms with Gasteiger partial charge in [0.2, 0.25) is 5.82 Å². The molecule has 0 atom stereocenters. The van der Waals surface area contributed by atoms with Gasteiger partial charge in [-0.05, 0) is 23.8 Å². The van der Waals surface area contributed by atoms with Crippen LogP contribution in [-0.2, 0) is 12.7 Å². The molecular weight excluding hydrogens is 303 g/mol. The van der Waals surface area contributed by atoms with Crippen LogP contribution >= 0.6 is 11.6 Å². The number of benzene rings is 1. The van der Waals surface area contributed by atoms with Gasteiger partial charge in [-0.2, -0.15) is 13.2 Å². The molecule has 0 saturated heterocycles. The molecule has 0 aliphatic heterocycles. The molecule has 3 nitrogen and oxygen atoms in total. The lowest BCUT2D eigenvalue weighted by atomic mass is 10.2. The summed E-state index contributed by atoms with van der Waals surface area (Å²) in [4.78, 5) is 7.57. The fourth-order valence-corrected chi connectivity index (χ4v) is 2.25. The first-order valence-electron chi connectivity index (χ1n) is 6.08. The van der Waals surface area contributed by atoms with Gasteiger partial charge in [-0.25, -0.2) is 9.97 Å². The van der Waals surface area contributed by atoms with Gasteiger partial charge in [-0.1, -0.05) is 29.8 Å². The average Bonchev–Trinajstić information content (AvgIpc) is 2.81. The molecule has 0 amide bonds. The van der Waals surface area contributed by atoms with Crippen LogP contribution in [0, 0.1) is 0 Å². The Morgan fingerprint density at radius 3 is 2.52 bits per heavy atom. The molecule has 108 valence electrons. The average molecular weight is 312 g/mol. The van der Waals surface area contributed by atoms with Crippen LogP contribution in [0.5, 0.6) is 0 Å². The van der Waals surface area contributed by atoms with Crippen molar-refractivity contribution in [3.8, 4) is 0 Å². The summed E-state index contributed by atoms with van der Waals surface area (Å²) in [5.74, 6) is -0.918. The van der Waals surface area contributed by atoms with Crippen molar-refractivity contribution in [1.29, 1.82) is 0 Å². The maximum absolute atomic E-state index is 13.1. The zero-order valence-electron chi connectivity index (χ0n) is 10.6. The standard InChI is InChI=1S/C14H9ClF3N3/c15-12-6-5-9(7-19-12)8-21-11-4-2-1-3-10(11)20-13(21)14(16,17)18/h1-7H,8H2. The summed E-state index contributed by atoms with van der Waals surface area (Å²) >= 11 is 5.68. The van der Waals surface area contributed by atoms with Crippen LogP contribution in [0.15, 0.2) is 42.6 Å². The van der Waals surface area contributed by atoms with Crippen LogP contribution in [0.25, 0.3) is 11.0 Å². The van der Waals surface area contributed by atoms with Gasteiger partial charge in [-0.15, -0.1) is 0 Å². The van der Waals surface area contributed by atoms with E-state index in [1.807, 2.05) is 0 Å². The lowest BCUT2D eigenvalue weighted by molar-refractivity contribution is -0.146. The number of nitrogens with zero attached hydrogens (tertiary/aromatic N) is 3. The predicted octanol–water partition coefficient (Wildman–Crippen LogP) is 4.15. The number of imidazole rings is 1. The van der Waals surface area contributed by atoms with Crippen LogP contribution in [0.3, 0.4) is 0 Å². The summed E-state index contributed by atoms with van der Waals surface area (Å²) in [7, 11) is 0. The highest BCUT2D eigenvalue weighted by Crippen LogP contribution is 2.31. The van der Waals surface area contributed by atoms with E-state index in [1.54, 1.807) is 36.4 Å². The molecule has 0 radical (unpaired) electrons. The summed E-state index contributed by atoms with van der Waals surface area (Å²) in [5, 5.41) is 0.297. The van der Waals surface area contributed by atoms with Gasteiger partial charge in [0.25, 0.3) is 0 Å². The molecule has 3 aromatic rings. The normalized spacial score (nSPS) is 12.0. The van der Waals surface area contributed by atoms with E-state index in [9.17, 15) is 13.2 Å². The Hall–Kier alpha value is -2.08. The van der Waals surface area contributed by atoms with E-state index < -0.39 is 12.0 Å². The van der Waals surface area contributed by atoms with Crippen molar-refractivity contribution in [1.82, 2.24) is 14.5 Å². The zero-order chi connectivity index (χ0) is 15.0. The number of rotatable bonds is 2. The van der Waals surface area contributed by atoms with Crippen molar-refractivity contribution in [2.45, 2.75) is 12.7 Å². The summed E-state index contributed by atoms with van der Waals surface area (Å²) < 4.78 is 40.5. The van der Waals surface area contributed by atoms with Crippen molar-refractivity contribution in [2.75, 3.05) is 0 Å². The number of hydrogen-bond acceptors (Lipinski definition) is 2. The van der Waals surface area contributed by atoms with Gasteiger partial charge in [-0.3, -0.25) is 0 Å². The number of alkyl halides is 3. The third-order valence-corrected chi connectivity index (χ3v) is 3.26. The SMILES string of the molecule is FC(F)(F)c1nc2ccccc2n1Cc1ccc(Cl)nc1. The van der Waals surface area contributed by atoms with Crippen LogP contribution in [0.1, 0.15) is 11.4 Å². The van der Waals surface area contributed by atoms with Gasteiger partial charge in [0.1, 0.15) is 5.15 Å². The molecule has 1 aromatic carbocycles. The molecule has 0 unspecified atom stereocenters. The fourth-order valence-electron chi connectivity index (χ4n) is 2.13. The first-order chi connectivity index (χ1) is 9.95. The van der Waals surface area contributed by atoms with E-state index in [2.05, 4.69) is 9.97 Å². The van der Waals surface area contributed by atoms with Crippen molar-refractivity contribution in [2.24, 2.45) is 0 Å². The van der Waals surface area contributed by atoms with E-state index in [0.29, 0.717) is 21.7 Å². The van der Waals surface area contributed by atoms with Crippen molar-refractivity contribution < 1.29 is 13.2 Å². The van der Waals surface area contributed by atoms with Gasteiger partial charge in [0.05, 0.1) is 17.6 Å². The molecule has 7 heteroatoms. The van der Waals surface area contributed by atoms with E-state index in [4.69, 9.17) is 11.6 Å². The Morgan fingerprint density at radius 2 is 1.86 bits per heavy atom. The zero-order valence-corrected chi connectivity index (χ0v) is 11.4. The fraction of sp³-hybridized carbons (Fsp3) is 0.143. The quantitative estimate of drug-likeness (QED) is 0.666. The predicted molar refractivity (Wildman–Crippen MR) is 73.1 cm³/mol. The molecule has 0 spiro atoms. The lowest BCUT2D eigenvalue weighted by Gasteiger charge is -2.11. The van der Waals surface area contributed by atoms with Crippen LogP contribution in [-0.4, -0.2) is 14.5 Å². The highest BCUT2D eigenvalue weighted by atomic mass is 35.5. The molecule has 0 aliphatic rings. The van der Waals surface area contributed by atoms with Crippen LogP contribution in [0.2, 0.25) is 5.15 Å². The second-order valence-electron chi connectivity index (χ2n) is 4.50. The summed E-state index contributed by atoms with van der Waals surface area (Å²) in [5.41, 5.74) is 1.36. The molecule has 0 saturated carbocycles. The monoisotopic (exact) mass is 311 g/mol. The van der Waals surface area contributed by atoms with Crippen LogP contribution < -0.4 is 0 Å². The van der Waals surface area contributed by atoms with E-state index in [0.717, 1.165) is 4.57 Å². The minimum Gasteiger partial charge on any atom is -0.316 e. The maximum atomic E-state index is 13.1. The smallest absolute Gasteiger partial charge is 0.316 e.